The Morgan fingerprint density at radius 1 is 0.415 bits per heavy atom. The van der Waals surface area contributed by atoms with Crippen molar-refractivity contribution in [2.75, 3.05) is 0 Å². The Kier molecular flexibility index (Phi) is 42.8. The average molecular weight is 1030 g/mol. The fraction of sp³-hybridized carbons (Fsp3) is 0.704. The molecule has 0 bridgehead atoms. The minimum absolute atomic E-state index is 0. The maximum Gasteiger partial charge on any atom is 2.00 e. The van der Waals surface area contributed by atoms with E-state index in [0.717, 1.165) is 101 Å². The molecule has 0 heterocycles. The van der Waals surface area contributed by atoms with Crippen LogP contribution < -0.4 is 10.2 Å². The van der Waals surface area contributed by atoms with Crippen molar-refractivity contribution in [3.63, 3.8) is 0 Å². The Morgan fingerprint density at radius 3 is 0.969 bits per heavy atom. The Hall–Kier alpha value is -2.19. The number of aliphatic carboxylic acids is 2. The summed E-state index contributed by atoms with van der Waals surface area (Å²) >= 11 is 0. The summed E-state index contributed by atoms with van der Waals surface area (Å²) in [6, 6.07) is 20.2. The molecule has 10 nitrogen and oxygen atoms in total. The van der Waals surface area contributed by atoms with E-state index in [9.17, 15) is 29.4 Å². The average Bonchev–Trinajstić information content (AvgIpc) is 3.26. The van der Waals surface area contributed by atoms with Crippen LogP contribution in [-0.2, 0) is 51.3 Å². The summed E-state index contributed by atoms with van der Waals surface area (Å²) in [5, 5.41) is 21.4. The summed E-state index contributed by atoms with van der Waals surface area (Å²) in [6.07, 6.45) is 27.7. The van der Waals surface area contributed by atoms with Crippen molar-refractivity contribution in [1.82, 2.24) is 0 Å². The zero-order valence-corrected chi connectivity index (χ0v) is 45.5. The number of unbranched alkanes of at least 4 members (excludes halogenated alkanes) is 12. The third-order valence-corrected chi connectivity index (χ3v) is 11.5. The van der Waals surface area contributed by atoms with E-state index < -0.39 is 11.9 Å². The first-order valence-corrected chi connectivity index (χ1v) is 25.1. The summed E-state index contributed by atoms with van der Waals surface area (Å²) in [5.74, 6) is -2.32. The monoisotopic (exact) mass is 1030 g/mol. The molecule has 0 saturated heterocycles. The van der Waals surface area contributed by atoms with Gasteiger partial charge in [0.05, 0.1) is 25.4 Å². The fourth-order valence-corrected chi connectivity index (χ4v) is 8.04. The first-order chi connectivity index (χ1) is 31.0. The van der Waals surface area contributed by atoms with Crippen molar-refractivity contribution in [3.8, 4) is 0 Å². The molecule has 2 aromatic rings. The van der Waals surface area contributed by atoms with Crippen molar-refractivity contribution < 1.29 is 48.3 Å². The van der Waals surface area contributed by atoms with E-state index >= 15 is 0 Å². The molecular formula is C54H86BaO10. The minimum atomic E-state index is -0.985. The number of hydrogen-bond acceptors (Lipinski definition) is 10. The topological polar surface area (TPSA) is 151 Å². The van der Waals surface area contributed by atoms with Crippen LogP contribution in [0, 0.1) is 0 Å². The molecule has 0 spiro atoms. The van der Waals surface area contributed by atoms with E-state index in [1.54, 1.807) is 0 Å². The first kappa shape index (κ1) is 62.8. The van der Waals surface area contributed by atoms with E-state index in [1.165, 1.54) is 78.1 Å². The predicted molar refractivity (Wildman–Crippen MR) is 258 cm³/mol. The third kappa shape index (κ3) is 40.6. The molecule has 0 aliphatic heterocycles. The number of carboxylic acids is 2. The van der Waals surface area contributed by atoms with Gasteiger partial charge in [-0.05, 0) is 101 Å². The molecule has 0 saturated carbocycles. The third-order valence-electron chi connectivity index (χ3n) is 11.5. The quantitative estimate of drug-likeness (QED) is 0.0358. The van der Waals surface area contributed by atoms with E-state index in [0.29, 0.717) is 26.1 Å². The second-order valence-corrected chi connectivity index (χ2v) is 17.5. The summed E-state index contributed by atoms with van der Waals surface area (Å²) in [5.41, 5.74) is 2.29. The molecule has 0 aliphatic rings. The van der Waals surface area contributed by atoms with Gasteiger partial charge in [-0.25, -0.2) is 0 Å². The van der Waals surface area contributed by atoms with Crippen LogP contribution in [0.4, 0.5) is 0 Å². The van der Waals surface area contributed by atoms with Crippen LogP contribution in [0.15, 0.2) is 60.7 Å². The molecule has 11 heteroatoms. The molecular weight excluding hydrogens is 946 g/mol. The molecule has 2 aromatic carbocycles. The van der Waals surface area contributed by atoms with E-state index in [-0.39, 0.29) is 98.1 Å². The van der Waals surface area contributed by atoms with Crippen LogP contribution in [-0.4, -0.2) is 97.2 Å². The normalized spacial score (nSPS) is 12.7. The molecule has 0 fully saturated rings. The second-order valence-electron chi connectivity index (χ2n) is 17.5. The number of carbonyl (C=O) groups excluding carboxylic acids is 4. The van der Waals surface area contributed by atoms with Crippen molar-refractivity contribution in [2.24, 2.45) is 0 Å². The van der Waals surface area contributed by atoms with Crippen LogP contribution in [0.5, 0.6) is 0 Å². The van der Waals surface area contributed by atoms with Gasteiger partial charge in [0.2, 0.25) is 0 Å². The molecule has 65 heavy (non-hydrogen) atoms. The maximum atomic E-state index is 11.2. The Bertz CT molecular complexity index is 1320. The van der Waals surface area contributed by atoms with Gasteiger partial charge in [0.1, 0.15) is 12.2 Å². The van der Waals surface area contributed by atoms with Crippen molar-refractivity contribution in [2.45, 2.75) is 245 Å². The van der Waals surface area contributed by atoms with Gasteiger partial charge < -0.3 is 38.7 Å². The van der Waals surface area contributed by atoms with Crippen LogP contribution in [0.25, 0.3) is 0 Å². The molecule has 364 valence electrons. The smallest absolute Gasteiger partial charge is 0.550 e. The molecule has 0 radical (unpaired) electrons. The fourth-order valence-electron chi connectivity index (χ4n) is 8.04. The Labute approximate surface area is 434 Å². The second kappa shape index (κ2) is 44.3. The van der Waals surface area contributed by atoms with Gasteiger partial charge in [-0.15, -0.1) is 0 Å². The molecule has 2 rings (SSSR count). The maximum absolute atomic E-state index is 11.2. The molecule has 4 atom stereocenters. The minimum Gasteiger partial charge on any atom is -0.550 e. The zero-order valence-electron chi connectivity index (χ0n) is 41.1. The van der Waals surface area contributed by atoms with Crippen LogP contribution in [0.2, 0.25) is 0 Å². The summed E-state index contributed by atoms with van der Waals surface area (Å²) < 4.78 is 22.9. The van der Waals surface area contributed by atoms with Crippen LogP contribution in [0.1, 0.15) is 219 Å². The van der Waals surface area contributed by atoms with Crippen molar-refractivity contribution >= 4 is 72.8 Å². The van der Waals surface area contributed by atoms with Gasteiger partial charge in [-0.2, -0.15) is 0 Å². The van der Waals surface area contributed by atoms with Gasteiger partial charge in [-0.3, -0.25) is 9.59 Å². The van der Waals surface area contributed by atoms with Gasteiger partial charge in [-0.1, -0.05) is 164 Å². The van der Waals surface area contributed by atoms with E-state index in [4.69, 9.17) is 18.9 Å². The van der Waals surface area contributed by atoms with Gasteiger partial charge in [0.15, 0.2) is 0 Å². The summed E-state index contributed by atoms with van der Waals surface area (Å²) in [7, 11) is 0. The Balaban J connectivity index is 0.00000124. The molecule has 4 unspecified atom stereocenters. The Morgan fingerprint density at radius 2 is 0.692 bits per heavy atom. The first-order valence-electron chi connectivity index (χ1n) is 25.1. The van der Waals surface area contributed by atoms with Gasteiger partial charge in [0, 0.05) is 25.8 Å². The number of carboxylic acid groups (broad SMARTS) is 2. The molecule has 0 amide bonds. The number of ether oxygens (including phenoxy) is 4. The van der Waals surface area contributed by atoms with Crippen LogP contribution in [0.3, 0.4) is 0 Å². The van der Waals surface area contributed by atoms with Crippen LogP contribution >= 0.6 is 0 Å². The summed E-state index contributed by atoms with van der Waals surface area (Å²) in [6.45, 7) is 8.37. The van der Waals surface area contributed by atoms with Crippen molar-refractivity contribution in [3.05, 3.63) is 71.8 Å². The number of hydrogen-bond donors (Lipinski definition) is 0. The number of carbonyl (C=O) groups is 4. The molecule has 0 aliphatic carbocycles. The largest absolute Gasteiger partial charge is 2.00 e. The van der Waals surface area contributed by atoms with Gasteiger partial charge >= 0.3 is 60.8 Å². The molecule has 0 N–H and O–H groups in total. The number of rotatable bonds is 40. The predicted octanol–water partition coefficient (Wildman–Crippen LogP) is 11.1. The standard InChI is InChI=1S/2C27H44O5.Ba/c2*1-3-15-26(32-23(2)28)19-13-8-6-4-5-7-12-18-25(20-14-21-27(29)30)31-22-24-16-10-9-11-17-24;/h2*9-11,16-17,25-26H,3-8,12-15,18-22H2,1-2H3,(H,29,30);/q;;+2/p-2. The zero-order chi connectivity index (χ0) is 46.9. The molecule has 0 aromatic heterocycles. The number of esters is 2. The summed E-state index contributed by atoms with van der Waals surface area (Å²) in [4.78, 5) is 43.7. The van der Waals surface area contributed by atoms with E-state index in [2.05, 4.69) is 38.1 Å². The van der Waals surface area contributed by atoms with E-state index in [1.807, 2.05) is 36.4 Å². The van der Waals surface area contributed by atoms with Gasteiger partial charge in [0.25, 0.3) is 0 Å². The number of benzene rings is 2. The van der Waals surface area contributed by atoms with Crippen molar-refractivity contribution in [1.29, 1.82) is 0 Å². The SMILES string of the molecule is CCCC(CCCCCCCCCC(CCCC(=O)[O-])OCc1ccccc1)OC(C)=O.CCCC(CCCCCCCCCC(CCCC(=O)[O-])OCc1ccccc1)OC(C)=O.[Ba+2].